The van der Waals surface area contributed by atoms with Crippen LogP contribution in [0.1, 0.15) is 11.3 Å². The fraction of sp³-hybridized carbons (Fsp3) is 0.143. The maximum Gasteiger partial charge on any atom is 0.155 e. The van der Waals surface area contributed by atoms with Gasteiger partial charge in [0.05, 0.1) is 5.69 Å². The first-order valence-corrected chi connectivity index (χ1v) is 7.09. The van der Waals surface area contributed by atoms with Crippen molar-refractivity contribution in [2.75, 3.05) is 5.32 Å². The number of aryl methyl sites for hydroxylation is 1. The van der Waals surface area contributed by atoms with Crippen LogP contribution in [0.3, 0.4) is 0 Å². The number of hydrogen-bond donors (Lipinski definition) is 1. The molecule has 2 aromatic heterocycles. The number of aromatic nitrogens is 3. The Bertz CT molecular complexity index is 720. The van der Waals surface area contributed by atoms with Gasteiger partial charge in [-0.3, -0.25) is 0 Å². The summed E-state index contributed by atoms with van der Waals surface area (Å²) in [6.45, 7) is 2.71. The van der Waals surface area contributed by atoms with Crippen LogP contribution in [0, 0.1) is 10.5 Å². The molecule has 3 aromatic rings. The number of anilines is 1. The second-order valence-electron chi connectivity index (χ2n) is 4.38. The molecule has 0 saturated carbocycles. The first-order chi connectivity index (χ1) is 9.22. The minimum atomic E-state index is 0.738. The van der Waals surface area contributed by atoms with E-state index in [0.717, 1.165) is 29.1 Å². The lowest BCUT2D eigenvalue weighted by Gasteiger charge is -2.08. The third kappa shape index (κ3) is 2.70. The maximum atomic E-state index is 4.40. The zero-order valence-corrected chi connectivity index (χ0v) is 12.6. The van der Waals surface area contributed by atoms with E-state index < -0.39 is 0 Å². The SMILES string of the molecule is Cc1cc2ncc(CNc3ccccc3I)cn2n1. The highest BCUT2D eigenvalue weighted by Gasteiger charge is 2.02. The normalized spacial score (nSPS) is 10.8. The molecule has 19 heavy (non-hydrogen) atoms. The van der Waals surface area contributed by atoms with Crippen molar-refractivity contribution in [1.82, 2.24) is 14.6 Å². The van der Waals surface area contributed by atoms with Crippen LogP contribution in [0.15, 0.2) is 42.7 Å². The van der Waals surface area contributed by atoms with Gasteiger partial charge in [-0.2, -0.15) is 5.10 Å². The van der Waals surface area contributed by atoms with Crippen molar-refractivity contribution < 1.29 is 0 Å². The smallest absolute Gasteiger partial charge is 0.155 e. The lowest BCUT2D eigenvalue weighted by molar-refractivity contribution is 0.895. The molecule has 0 aliphatic carbocycles. The van der Waals surface area contributed by atoms with E-state index >= 15 is 0 Å². The van der Waals surface area contributed by atoms with Gasteiger partial charge in [0.1, 0.15) is 0 Å². The Labute approximate surface area is 125 Å². The van der Waals surface area contributed by atoms with Crippen molar-refractivity contribution in [3.05, 3.63) is 57.6 Å². The van der Waals surface area contributed by atoms with Gasteiger partial charge in [-0.05, 0) is 41.6 Å². The number of fused-ring (bicyclic) bond motifs is 1. The van der Waals surface area contributed by atoms with Crippen LogP contribution in [0.2, 0.25) is 0 Å². The summed E-state index contributed by atoms with van der Waals surface area (Å²) in [7, 11) is 0. The number of hydrogen-bond acceptors (Lipinski definition) is 3. The van der Waals surface area contributed by atoms with Crippen molar-refractivity contribution >= 4 is 33.9 Å². The van der Waals surface area contributed by atoms with Crippen LogP contribution < -0.4 is 5.32 Å². The predicted molar refractivity (Wildman–Crippen MR) is 84.2 cm³/mol. The van der Waals surface area contributed by atoms with E-state index in [4.69, 9.17) is 0 Å². The Hall–Kier alpha value is -1.63. The molecule has 0 fully saturated rings. The summed E-state index contributed by atoms with van der Waals surface area (Å²) >= 11 is 2.32. The summed E-state index contributed by atoms with van der Waals surface area (Å²) in [4.78, 5) is 4.40. The maximum absolute atomic E-state index is 4.40. The highest BCUT2D eigenvalue weighted by Crippen LogP contribution is 2.17. The molecule has 0 unspecified atom stereocenters. The van der Waals surface area contributed by atoms with Crippen molar-refractivity contribution in [3.8, 4) is 0 Å². The summed E-state index contributed by atoms with van der Waals surface area (Å²) < 4.78 is 3.03. The van der Waals surface area contributed by atoms with Gasteiger partial charge in [0.2, 0.25) is 0 Å². The first-order valence-electron chi connectivity index (χ1n) is 6.02. The number of halogens is 1. The van der Waals surface area contributed by atoms with Gasteiger partial charge in [-0.25, -0.2) is 9.50 Å². The number of rotatable bonds is 3. The molecule has 96 valence electrons. The molecular formula is C14H13IN4. The first kappa shape index (κ1) is 12.4. The highest BCUT2D eigenvalue weighted by molar-refractivity contribution is 14.1. The largest absolute Gasteiger partial charge is 0.380 e. The van der Waals surface area contributed by atoms with Crippen LogP contribution in [0.5, 0.6) is 0 Å². The Morgan fingerprint density at radius 3 is 3.00 bits per heavy atom. The van der Waals surface area contributed by atoms with E-state index in [9.17, 15) is 0 Å². The molecule has 0 aliphatic heterocycles. The van der Waals surface area contributed by atoms with Crippen molar-refractivity contribution in [2.45, 2.75) is 13.5 Å². The van der Waals surface area contributed by atoms with Gasteiger partial charge in [-0.15, -0.1) is 0 Å². The average Bonchev–Trinajstić information content (AvgIpc) is 2.77. The minimum Gasteiger partial charge on any atom is -0.380 e. The van der Waals surface area contributed by atoms with Gasteiger partial charge in [0.15, 0.2) is 5.65 Å². The molecule has 0 atom stereocenters. The van der Waals surface area contributed by atoms with Gasteiger partial charge in [0, 0.05) is 39.8 Å². The Kier molecular flexibility index (Phi) is 3.37. The third-order valence-corrected chi connectivity index (χ3v) is 3.79. The molecule has 4 nitrogen and oxygen atoms in total. The van der Waals surface area contributed by atoms with E-state index in [2.05, 4.69) is 50.1 Å². The molecule has 0 amide bonds. The molecule has 2 heterocycles. The van der Waals surface area contributed by atoms with Crippen molar-refractivity contribution in [3.63, 3.8) is 0 Å². The highest BCUT2D eigenvalue weighted by atomic mass is 127. The fourth-order valence-corrected chi connectivity index (χ4v) is 2.51. The van der Waals surface area contributed by atoms with Gasteiger partial charge in [0.25, 0.3) is 0 Å². The van der Waals surface area contributed by atoms with E-state index in [1.54, 1.807) is 0 Å². The summed E-state index contributed by atoms with van der Waals surface area (Å²) in [5, 5.41) is 7.78. The average molecular weight is 364 g/mol. The summed E-state index contributed by atoms with van der Waals surface area (Å²) in [6, 6.07) is 10.2. The molecule has 0 aliphatic rings. The molecule has 1 N–H and O–H groups in total. The molecule has 3 rings (SSSR count). The monoisotopic (exact) mass is 364 g/mol. The van der Waals surface area contributed by atoms with Gasteiger partial charge < -0.3 is 5.32 Å². The van der Waals surface area contributed by atoms with E-state index in [1.807, 2.05) is 42.0 Å². The molecule has 0 bridgehead atoms. The molecule has 0 radical (unpaired) electrons. The third-order valence-electron chi connectivity index (χ3n) is 2.85. The van der Waals surface area contributed by atoms with Crippen LogP contribution in [-0.2, 0) is 6.54 Å². The lowest BCUT2D eigenvalue weighted by atomic mass is 10.3. The quantitative estimate of drug-likeness (QED) is 0.726. The van der Waals surface area contributed by atoms with E-state index in [0.29, 0.717) is 0 Å². The van der Waals surface area contributed by atoms with Crippen molar-refractivity contribution in [2.24, 2.45) is 0 Å². The summed E-state index contributed by atoms with van der Waals surface area (Å²) in [6.07, 6.45) is 3.90. The zero-order chi connectivity index (χ0) is 13.2. The topological polar surface area (TPSA) is 42.2 Å². The van der Waals surface area contributed by atoms with Crippen LogP contribution in [0.4, 0.5) is 5.69 Å². The Balaban J connectivity index is 1.80. The van der Waals surface area contributed by atoms with E-state index in [-0.39, 0.29) is 0 Å². The number of para-hydroxylation sites is 1. The number of nitrogens with one attached hydrogen (secondary N) is 1. The molecule has 5 heteroatoms. The number of benzene rings is 1. The second-order valence-corrected chi connectivity index (χ2v) is 5.55. The molecule has 0 saturated heterocycles. The molecular weight excluding hydrogens is 351 g/mol. The molecule has 0 spiro atoms. The summed E-state index contributed by atoms with van der Waals surface area (Å²) in [5.41, 5.74) is 4.11. The Morgan fingerprint density at radius 1 is 1.32 bits per heavy atom. The van der Waals surface area contributed by atoms with Gasteiger partial charge >= 0.3 is 0 Å². The van der Waals surface area contributed by atoms with Crippen LogP contribution in [-0.4, -0.2) is 14.6 Å². The fourth-order valence-electron chi connectivity index (χ4n) is 1.93. The minimum absolute atomic E-state index is 0.738. The van der Waals surface area contributed by atoms with Crippen LogP contribution in [0.25, 0.3) is 5.65 Å². The standard InChI is InChI=1S/C14H13IN4/c1-10-6-14-17-8-11(9-19(14)18-10)7-16-13-5-3-2-4-12(13)15/h2-6,8-9,16H,7H2,1H3. The second kappa shape index (κ2) is 5.16. The predicted octanol–water partition coefficient (Wildman–Crippen LogP) is 3.25. The zero-order valence-electron chi connectivity index (χ0n) is 10.5. The Morgan fingerprint density at radius 2 is 2.16 bits per heavy atom. The lowest BCUT2D eigenvalue weighted by Crippen LogP contribution is -2.03. The van der Waals surface area contributed by atoms with Crippen molar-refractivity contribution in [1.29, 1.82) is 0 Å². The van der Waals surface area contributed by atoms with E-state index in [1.165, 1.54) is 3.57 Å². The van der Waals surface area contributed by atoms with Crippen LogP contribution >= 0.6 is 22.6 Å². The van der Waals surface area contributed by atoms with Gasteiger partial charge in [-0.1, -0.05) is 12.1 Å². The molecule has 1 aromatic carbocycles. The number of nitrogens with zero attached hydrogens (tertiary/aromatic N) is 3. The summed E-state index contributed by atoms with van der Waals surface area (Å²) in [5.74, 6) is 0.